The van der Waals surface area contributed by atoms with Crippen LogP contribution in [0.2, 0.25) is 0 Å². The highest BCUT2D eigenvalue weighted by Gasteiger charge is 2.27. The SMILES string of the molecule is O=C(O)C[C@@H]1CCCN(c2ccc(C(=O)NC3CCCCC3)c(OC3CCCCC3)n2)C1. The minimum Gasteiger partial charge on any atom is -0.481 e. The molecular formula is C25H37N3O4. The highest BCUT2D eigenvalue weighted by atomic mass is 16.5. The first-order valence-electron chi connectivity index (χ1n) is 12.5. The molecule has 176 valence electrons. The molecule has 4 rings (SSSR count). The van der Waals surface area contributed by atoms with Crippen molar-refractivity contribution in [2.24, 2.45) is 5.92 Å². The summed E-state index contributed by atoms with van der Waals surface area (Å²) in [6.45, 7) is 1.52. The highest BCUT2D eigenvalue weighted by molar-refractivity contribution is 5.96. The smallest absolute Gasteiger partial charge is 0.303 e. The maximum atomic E-state index is 13.1. The number of nitrogens with zero attached hydrogens (tertiary/aromatic N) is 2. The number of ether oxygens (including phenoxy) is 1. The zero-order valence-corrected chi connectivity index (χ0v) is 19.1. The van der Waals surface area contributed by atoms with Crippen LogP contribution in [0.25, 0.3) is 0 Å². The maximum absolute atomic E-state index is 13.1. The van der Waals surface area contributed by atoms with Gasteiger partial charge in [-0.2, -0.15) is 4.98 Å². The number of rotatable bonds is 7. The Labute approximate surface area is 190 Å². The van der Waals surface area contributed by atoms with Gasteiger partial charge >= 0.3 is 5.97 Å². The second-order valence-electron chi connectivity index (χ2n) is 9.76. The number of aliphatic carboxylic acids is 1. The first-order chi connectivity index (χ1) is 15.6. The topological polar surface area (TPSA) is 91.8 Å². The summed E-state index contributed by atoms with van der Waals surface area (Å²) in [4.78, 5) is 31.3. The molecule has 3 aliphatic rings. The molecular weight excluding hydrogens is 406 g/mol. The molecule has 0 spiro atoms. The Morgan fingerprint density at radius 2 is 1.72 bits per heavy atom. The zero-order chi connectivity index (χ0) is 22.3. The van der Waals surface area contributed by atoms with Gasteiger partial charge in [0.1, 0.15) is 17.5 Å². The first kappa shape index (κ1) is 22.9. The van der Waals surface area contributed by atoms with Crippen LogP contribution in [0.3, 0.4) is 0 Å². The molecule has 2 N–H and O–H groups in total. The second-order valence-corrected chi connectivity index (χ2v) is 9.76. The molecule has 1 aromatic heterocycles. The Kier molecular flexibility index (Phi) is 7.87. The fourth-order valence-electron chi connectivity index (χ4n) is 5.41. The van der Waals surface area contributed by atoms with Gasteiger partial charge in [-0.3, -0.25) is 9.59 Å². The molecule has 2 saturated carbocycles. The van der Waals surface area contributed by atoms with Gasteiger partial charge in [-0.05, 0) is 69.4 Å². The summed E-state index contributed by atoms with van der Waals surface area (Å²) in [7, 11) is 0. The van der Waals surface area contributed by atoms with E-state index in [1.165, 1.54) is 25.7 Å². The standard InChI is InChI=1S/C25H37N3O4/c29-23(30)16-18-8-7-15-28(17-18)22-14-13-21(24(31)26-19-9-3-1-4-10-19)25(27-22)32-20-11-5-2-6-12-20/h13-14,18-20H,1-12,15-17H2,(H,26,31)(H,29,30)/t18-/m0/s1. The van der Waals surface area contributed by atoms with Crippen LogP contribution >= 0.6 is 0 Å². The molecule has 0 aromatic carbocycles. The van der Waals surface area contributed by atoms with Crippen molar-refractivity contribution in [1.82, 2.24) is 10.3 Å². The molecule has 32 heavy (non-hydrogen) atoms. The van der Waals surface area contributed by atoms with E-state index in [0.717, 1.165) is 63.7 Å². The van der Waals surface area contributed by atoms with Crippen molar-refractivity contribution in [2.75, 3.05) is 18.0 Å². The molecule has 1 amide bonds. The maximum Gasteiger partial charge on any atom is 0.303 e. The highest BCUT2D eigenvalue weighted by Crippen LogP contribution is 2.30. The van der Waals surface area contributed by atoms with Gasteiger partial charge in [0.05, 0.1) is 0 Å². The third-order valence-electron chi connectivity index (χ3n) is 7.17. The van der Waals surface area contributed by atoms with Gasteiger partial charge < -0.3 is 20.1 Å². The zero-order valence-electron chi connectivity index (χ0n) is 19.1. The molecule has 2 aliphatic carbocycles. The minimum atomic E-state index is -0.749. The van der Waals surface area contributed by atoms with Gasteiger partial charge in [-0.25, -0.2) is 0 Å². The number of carbonyl (C=O) groups excluding carboxylic acids is 1. The van der Waals surface area contributed by atoms with E-state index in [1.54, 1.807) is 0 Å². The van der Waals surface area contributed by atoms with Crippen molar-refractivity contribution in [3.05, 3.63) is 17.7 Å². The first-order valence-corrected chi connectivity index (χ1v) is 12.5. The van der Waals surface area contributed by atoms with E-state index >= 15 is 0 Å². The van der Waals surface area contributed by atoms with E-state index in [1.807, 2.05) is 12.1 Å². The summed E-state index contributed by atoms with van der Waals surface area (Å²) in [6, 6.07) is 3.98. The molecule has 1 aromatic rings. The van der Waals surface area contributed by atoms with Crippen LogP contribution in [0, 0.1) is 5.92 Å². The molecule has 0 unspecified atom stereocenters. The Morgan fingerprint density at radius 3 is 2.44 bits per heavy atom. The number of amides is 1. The van der Waals surface area contributed by atoms with E-state index in [9.17, 15) is 14.7 Å². The number of carboxylic acids is 1. The summed E-state index contributed by atoms with van der Waals surface area (Å²) in [5.74, 6) is 0.494. The quantitative estimate of drug-likeness (QED) is 0.642. The van der Waals surface area contributed by atoms with Crippen molar-refractivity contribution in [3.63, 3.8) is 0 Å². The van der Waals surface area contributed by atoms with Gasteiger partial charge in [0.25, 0.3) is 5.91 Å². The van der Waals surface area contributed by atoms with Gasteiger partial charge in [-0.15, -0.1) is 0 Å². The molecule has 0 bridgehead atoms. The van der Waals surface area contributed by atoms with Crippen molar-refractivity contribution >= 4 is 17.7 Å². The van der Waals surface area contributed by atoms with Crippen molar-refractivity contribution < 1.29 is 19.4 Å². The lowest BCUT2D eigenvalue weighted by Crippen LogP contribution is -2.38. The molecule has 3 fully saturated rings. The lowest BCUT2D eigenvalue weighted by atomic mass is 9.95. The van der Waals surface area contributed by atoms with E-state index in [2.05, 4.69) is 10.2 Å². The third-order valence-corrected chi connectivity index (χ3v) is 7.17. The number of pyridine rings is 1. The average Bonchev–Trinajstić information content (AvgIpc) is 2.80. The number of aromatic nitrogens is 1. The van der Waals surface area contributed by atoms with Crippen LogP contribution in [0.1, 0.15) is 93.8 Å². The van der Waals surface area contributed by atoms with Crippen molar-refractivity contribution in [3.8, 4) is 5.88 Å². The van der Waals surface area contributed by atoms with Crippen LogP contribution in [0.15, 0.2) is 12.1 Å². The fourth-order valence-corrected chi connectivity index (χ4v) is 5.41. The Balaban J connectivity index is 1.52. The monoisotopic (exact) mass is 443 g/mol. The average molecular weight is 444 g/mol. The van der Waals surface area contributed by atoms with Gasteiger partial charge in [0.15, 0.2) is 0 Å². The predicted octanol–water partition coefficient (Wildman–Crippen LogP) is 4.55. The van der Waals surface area contributed by atoms with Crippen molar-refractivity contribution in [2.45, 2.75) is 95.6 Å². The Morgan fingerprint density at radius 1 is 1.00 bits per heavy atom. The molecule has 1 saturated heterocycles. The van der Waals surface area contributed by atoms with Crippen LogP contribution in [0.5, 0.6) is 5.88 Å². The molecule has 7 nitrogen and oxygen atoms in total. The van der Waals surface area contributed by atoms with Gasteiger partial charge in [0.2, 0.25) is 5.88 Å². The lowest BCUT2D eigenvalue weighted by molar-refractivity contribution is -0.138. The number of nitrogens with one attached hydrogen (secondary N) is 1. The fraction of sp³-hybridized carbons (Fsp3) is 0.720. The van der Waals surface area contributed by atoms with E-state index < -0.39 is 5.97 Å². The number of hydrogen-bond acceptors (Lipinski definition) is 5. The summed E-state index contributed by atoms with van der Waals surface area (Å²) in [5, 5.41) is 12.4. The summed E-state index contributed by atoms with van der Waals surface area (Å²) in [5.41, 5.74) is 0.518. The molecule has 1 atom stereocenters. The van der Waals surface area contributed by atoms with Gasteiger partial charge in [0, 0.05) is 25.6 Å². The molecule has 0 radical (unpaired) electrons. The molecule has 1 aliphatic heterocycles. The Bertz CT molecular complexity index is 787. The van der Waals surface area contributed by atoms with Crippen molar-refractivity contribution in [1.29, 1.82) is 0 Å². The number of hydrogen-bond donors (Lipinski definition) is 2. The minimum absolute atomic E-state index is 0.0934. The van der Waals surface area contributed by atoms with E-state index in [4.69, 9.17) is 9.72 Å². The number of carbonyl (C=O) groups is 2. The third kappa shape index (κ3) is 6.14. The second kappa shape index (κ2) is 11.0. The van der Waals surface area contributed by atoms with E-state index in [-0.39, 0.29) is 30.4 Å². The summed E-state index contributed by atoms with van der Waals surface area (Å²) in [6.07, 6.45) is 13.4. The predicted molar refractivity (Wildman–Crippen MR) is 123 cm³/mol. The number of piperidine rings is 1. The molecule has 7 heteroatoms. The van der Waals surface area contributed by atoms with Crippen LogP contribution in [-0.2, 0) is 4.79 Å². The van der Waals surface area contributed by atoms with Crippen LogP contribution in [-0.4, -0.2) is 47.2 Å². The van der Waals surface area contributed by atoms with Crippen LogP contribution in [0.4, 0.5) is 5.82 Å². The number of carboxylic acid groups (broad SMARTS) is 1. The summed E-state index contributed by atoms with van der Waals surface area (Å²) < 4.78 is 6.33. The van der Waals surface area contributed by atoms with Gasteiger partial charge in [-0.1, -0.05) is 25.7 Å². The summed E-state index contributed by atoms with van der Waals surface area (Å²) >= 11 is 0. The molecule has 2 heterocycles. The van der Waals surface area contributed by atoms with E-state index in [0.29, 0.717) is 18.0 Å². The normalized spacial score (nSPS) is 23.0. The Hall–Kier alpha value is -2.31. The largest absolute Gasteiger partial charge is 0.481 e. The van der Waals surface area contributed by atoms with Crippen LogP contribution < -0.4 is 15.0 Å². The number of anilines is 1. The lowest BCUT2D eigenvalue weighted by Gasteiger charge is -2.33.